The molecule has 21 heavy (non-hydrogen) atoms. The van der Waals surface area contributed by atoms with E-state index in [2.05, 4.69) is 21.7 Å². The molecule has 3 N–H and O–H groups in total. The van der Waals surface area contributed by atoms with Gasteiger partial charge in [-0.15, -0.1) is 0 Å². The van der Waals surface area contributed by atoms with Crippen molar-refractivity contribution >= 4 is 11.7 Å². The van der Waals surface area contributed by atoms with Crippen LogP contribution in [0.1, 0.15) is 16.8 Å². The van der Waals surface area contributed by atoms with Gasteiger partial charge in [0.15, 0.2) is 11.6 Å². The number of nitrogens with one attached hydrogen (secondary N) is 2. The van der Waals surface area contributed by atoms with Crippen LogP contribution in [-0.4, -0.2) is 22.0 Å². The first-order valence-corrected chi connectivity index (χ1v) is 6.91. The number of amides is 1. The number of anilines is 1. The molecule has 2 heterocycles. The van der Waals surface area contributed by atoms with Crippen molar-refractivity contribution in [2.75, 3.05) is 5.32 Å². The van der Waals surface area contributed by atoms with Gasteiger partial charge in [-0.25, -0.2) is 4.98 Å². The van der Waals surface area contributed by atoms with Crippen molar-refractivity contribution in [2.24, 2.45) is 0 Å². The minimum atomic E-state index is -0.318. The van der Waals surface area contributed by atoms with E-state index < -0.39 is 0 Å². The number of aryl methyl sites for hydroxylation is 1. The Bertz CT molecular complexity index is 685. The van der Waals surface area contributed by atoms with Crippen molar-refractivity contribution in [2.45, 2.75) is 25.9 Å². The van der Waals surface area contributed by atoms with Crippen LogP contribution in [0.2, 0.25) is 0 Å². The second-order valence-electron chi connectivity index (χ2n) is 5.22. The van der Waals surface area contributed by atoms with Gasteiger partial charge < -0.3 is 15.7 Å². The van der Waals surface area contributed by atoms with E-state index in [0.29, 0.717) is 13.0 Å². The summed E-state index contributed by atoms with van der Waals surface area (Å²) in [5.41, 5.74) is 3.14. The van der Waals surface area contributed by atoms with Crippen LogP contribution >= 0.6 is 0 Å². The third-order valence-electron chi connectivity index (χ3n) is 3.65. The van der Waals surface area contributed by atoms with E-state index in [1.807, 2.05) is 25.1 Å². The van der Waals surface area contributed by atoms with Gasteiger partial charge in [-0.1, -0.05) is 24.3 Å². The lowest BCUT2D eigenvalue weighted by molar-refractivity contribution is -0.118. The number of pyridine rings is 1. The molecule has 0 unspecified atom stereocenters. The summed E-state index contributed by atoms with van der Waals surface area (Å²) < 4.78 is 0. The van der Waals surface area contributed by atoms with Gasteiger partial charge in [0.2, 0.25) is 5.91 Å². The molecule has 108 valence electrons. The number of carbonyl (C=O) groups is 1. The molecule has 0 aliphatic carbocycles. The first kappa shape index (κ1) is 13.6. The van der Waals surface area contributed by atoms with Crippen LogP contribution in [0.5, 0.6) is 5.75 Å². The summed E-state index contributed by atoms with van der Waals surface area (Å²) in [5, 5.41) is 15.6. The third-order valence-corrected chi connectivity index (χ3v) is 3.65. The standard InChI is InChI=1S/C16H17N3O2/c1-10-6-7-14(20)15(18-10)19-16(21)13-8-11-4-2-3-5-12(11)9-17-13/h2-7,13,17,20H,8-9H2,1H3,(H,18,19,21)/t13-/m1/s1. The van der Waals surface area contributed by atoms with Crippen LogP contribution in [0.25, 0.3) is 0 Å². The zero-order valence-corrected chi connectivity index (χ0v) is 11.8. The van der Waals surface area contributed by atoms with Gasteiger partial charge >= 0.3 is 0 Å². The van der Waals surface area contributed by atoms with E-state index >= 15 is 0 Å². The summed E-state index contributed by atoms with van der Waals surface area (Å²) in [6, 6.07) is 11.0. The fourth-order valence-corrected chi connectivity index (χ4v) is 2.48. The fraction of sp³-hybridized carbons (Fsp3) is 0.250. The lowest BCUT2D eigenvalue weighted by Gasteiger charge is -2.25. The molecule has 1 aromatic carbocycles. The summed E-state index contributed by atoms with van der Waals surface area (Å²) in [7, 11) is 0. The molecular weight excluding hydrogens is 266 g/mol. The Kier molecular flexibility index (Phi) is 3.58. The minimum absolute atomic E-state index is 0.0230. The maximum absolute atomic E-state index is 12.3. The van der Waals surface area contributed by atoms with Crippen LogP contribution < -0.4 is 10.6 Å². The first-order chi connectivity index (χ1) is 10.1. The number of rotatable bonds is 2. The highest BCUT2D eigenvalue weighted by Gasteiger charge is 2.24. The summed E-state index contributed by atoms with van der Waals surface area (Å²) in [6.45, 7) is 2.48. The number of aromatic nitrogens is 1. The predicted molar refractivity (Wildman–Crippen MR) is 80.0 cm³/mol. The van der Waals surface area contributed by atoms with Gasteiger partial charge in [0.25, 0.3) is 0 Å². The van der Waals surface area contributed by atoms with Crippen molar-refractivity contribution in [1.82, 2.24) is 10.3 Å². The molecule has 0 fully saturated rings. The van der Waals surface area contributed by atoms with E-state index in [0.717, 1.165) is 5.69 Å². The Balaban J connectivity index is 1.74. The topological polar surface area (TPSA) is 74.2 Å². The molecule has 0 saturated carbocycles. The van der Waals surface area contributed by atoms with Gasteiger partial charge in [-0.2, -0.15) is 0 Å². The molecule has 1 atom stereocenters. The van der Waals surface area contributed by atoms with Gasteiger partial charge in [-0.3, -0.25) is 4.79 Å². The lowest BCUT2D eigenvalue weighted by atomic mass is 9.95. The molecule has 1 aliphatic rings. The van der Waals surface area contributed by atoms with Crippen LogP contribution in [0.3, 0.4) is 0 Å². The highest BCUT2D eigenvalue weighted by molar-refractivity contribution is 5.95. The molecular formula is C16H17N3O2. The predicted octanol–water partition coefficient (Wildman–Crippen LogP) is 1.75. The average Bonchev–Trinajstić information content (AvgIpc) is 2.50. The quantitative estimate of drug-likeness (QED) is 0.785. The van der Waals surface area contributed by atoms with Gasteiger partial charge in [0, 0.05) is 12.2 Å². The van der Waals surface area contributed by atoms with Gasteiger partial charge in [0.1, 0.15) is 0 Å². The molecule has 0 spiro atoms. The van der Waals surface area contributed by atoms with Crippen molar-refractivity contribution in [3.63, 3.8) is 0 Å². The smallest absolute Gasteiger partial charge is 0.243 e. The Labute approximate surface area is 123 Å². The number of aromatic hydroxyl groups is 1. The maximum Gasteiger partial charge on any atom is 0.243 e. The Morgan fingerprint density at radius 1 is 1.29 bits per heavy atom. The van der Waals surface area contributed by atoms with Crippen LogP contribution in [0, 0.1) is 6.92 Å². The number of hydrogen-bond donors (Lipinski definition) is 3. The molecule has 5 heteroatoms. The number of carbonyl (C=O) groups excluding carboxylic acids is 1. The average molecular weight is 283 g/mol. The van der Waals surface area contributed by atoms with Crippen molar-refractivity contribution in [3.8, 4) is 5.75 Å². The Morgan fingerprint density at radius 2 is 2.05 bits per heavy atom. The second kappa shape index (κ2) is 5.54. The van der Waals surface area contributed by atoms with Crippen molar-refractivity contribution in [1.29, 1.82) is 0 Å². The summed E-state index contributed by atoms with van der Waals surface area (Å²) >= 11 is 0. The lowest BCUT2D eigenvalue weighted by Crippen LogP contribution is -2.44. The van der Waals surface area contributed by atoms with Gasteiger partial charge in [-0.05, 0) is 36.6 Å². The van der Waals surface area contributed by atoms with Gasteiger partial charge in [0.05, 0.1) is 6.04 Å². The fourth-order valence-electron chi connectivity index (χ4n) is 2.48. The number of nitrogens with zero attached hydrogens (tertiary/aromatic N) is 1. The number of fused-ring (bicyclic) bond motifs is 1. The normalized spacial score (nSPS) is 17.1. The second-order valence-corrected chi connectivity index (χ2v) is 5.22. The molecule has 0 radical (unpaired) electrons. The zero-order valence-electron chi connectivity index (χ0n) is 11.8. The molecule has 1 amide bonds. The highest BCUT2D eigenvalue weighted by Crippen LogP contribution is 2.22. The van der Waals surface area contributed by atoms with E-state index in [-0.39, 0.29) is 23.5 Å². The molecule has 0 bridgehead atoms. The van der Waals surface area contributed by atoms with Crippen molar-refractivity contribution in [3.05, 3.63) is 53.2 Å². The zero-order chi connectivity index (χ0) is 14.8. The Morgan fingerprint density at radius 3 is 2.86 bits per heavy atom. The molecule has 5 nitrogen and oxygen atoms in total. The Hall–Kier alpha value is -2.40. The van der Waals surface area contributed by atoms with E-state index in [9.17, 15) is 9.90 Å². The molecule has 2 aromatic rings. The van der Waals surface area contributed by atoms with E-state index in [1.54, 1.807) is 6.07 Å². The van der Waals surface area contributed by atoms with E-state index in [4.69, 9.17) is 0 Å². The SMILES string of the molecule is Cc1ccc(O)c(NC(=O)[C@H]2Cc3ccccc3CN2)n1. The summed E-state index contributed by atoms with van der Waals surface area (Å²) in [5.74, 6) is 0.00345. The minimum Gasteiger partial charge on any atom is -0.504 e. The third kappa shape index (κ3) is 2.87. The molecule has 0 saturated heterocycles. The van der Waals surface area contributed by atoms with E-state index in [1.165, 1.54) is 17.2 Å². The number of hydrogen-bond acceptors (Lipinski definition) is 4. The number of benzene rings is 1. The maximum atomic E-state index is 12.3. The van der Waals surface area contributed by atoms with Crippen molar-refractivity contribution < 1.29 is 9.90 Å². The summed E-state index contributed by atoms with van der Waals surface area (Å²) in [6.07, 6.45) is 0.634. The largest absolute Gasteiger partial charge is 0.504 e. The summed E-state index contributed by atoms with van der Waals surface area (Å²) in [4.78, 5) is 16.5. The molecule has 3 rings (SSSR count). The monoisotopic (exact) mass is 283 g/mol. The van der Waals surface area contributed by atoms with Crippen LogP contribution in [-0.2, 0) is 17.8 Å². The highest BCUT2D eigenvalue weighted by atomic mass is 16.3. The van der Waals surface area contributed by atoms with Crippen LogP contribution in [0.4, 0.5) is 5.82 Å². The van der Waals surface area contributed by atoms with Crippen LogP contribution in [0.15, 0.2) is 36.4 Å². The molecule has 1 aliphatic heterocycles. The molecule has 1 aromatic heterocycles. The first-order valence-electron chi connectivity index (χ1n) is 6.91.